The average Bonchev–Trinajstić information content (AvgIpc) is 2.75. The van der Waals surface area contributed by atoms with E-state index in [-0.39, 0.29) is 6.10 Å². The van der Waals surface area contributed by atoms with E-state index in [0.717, 1.165) is 25.2 Å². The topological polar surface area (TPSA) is 80.1 Å². The Morgan fingerprint density at radius 1 is 1.55 bits per heavy atom. The molecule has 6 heteroatoms. The zero-order chi connectivity index (χ0) is 14.1. The van der Waals surface area contributed by atoms with Crippen molar-refractivity contribution < 1.29 is 4.74 Å². The molecule has 0 bridgehead atoms. The van der Waals surface area contributed by atoms with Crippen LogP contribution in [0.3, 0.4) is 0 Å². The summed E-state index contributed by atoms with van der Waals surface area (Å²) >= 11 is 0. The Morgan fingerprint density at radius 3 is 3.15 bits per heavy atom. The smallest absolute Gasteiger partial charge is 0.201 e. The maximum Gasteiger partial charge on any atom is 0.201 e. The number of imidazole rings is 1. The Balaban J connectivity index is 1.95. The highest BCUT2D eigenvalue weighted by Crippen LogP contribution is 2.22. The maximum absolute atomic E-state index is 9.12. The van der Waals surface area contributed by atoms with Crippen molar-refractivity contribution in [1.82, 2.24) is 14.5 Å². The fourth-order valence-corrected chi connectivity index (χ4v) is 2.63. The lowest BCUT2D eigenvalue weighted by molar-refractivity contribution is -0.0267. The van der Waals surface area contributed by atoms with Crippen molar-refractivity contribution in [1.29, 1.82) is 5.26 Å². The lowest BCUT2D eigenvalue weighted by atomic mass is 10.2. The summed E-state index contributed by atoms with van der Waals surface area (Å²) in [7, 11) is 2.08. The van der Waals surface area contributed by atoms with Crippen molar-refractivity contribution in [3.05, 3.63) is 23.8 Å². The van der Waals surface area contributed by atoms with Crippen LogP contribution < -0.4 is 5.73 Å². The van der Waals surface area contributed by atoms with Gasteiger partial charge in [-0.3, -0.25) is 0 Å². The number of para-hydroxylation sites is 1. The number of nitrogens with two attached hydrogens (primary N) is 1. The number of anilines is 1. The Labute approximate surface area is 117 Å². The molecule has 0 amide bonds. The molecular weight excluding hydrogens is 254 g/mol. The molecule has 2 aromatic rings. The quantitative estimate of drug-likeness (QED) is 0.874. The van der Waals surface area contributed by atoms with E-state index in [4.69, 9.17) is 15.7 Å². The molecule has 1 aromatic heterocycles. The number of nitrogen functional groups attached to an aromatic ring is 1. The summed E-state index contributed by atoms with van der Waals surface area (Å²) in [5, 5.41) is 9.12. The van der Waals surface area contributed by atoms with E-state index in [2.05, 4.69) is 23.0 Å². The first-order chi connectivity index (χ1) is 9.69. The Kier molecular flexibility index (Phi) is 3.30. The van der Waals surface area contributed by atoms with Crippen LogP contribution in [0.5, 0.6) is 0 Å². The number of benzene rings is 1. The van der Waals surface area contributed by atoms with E-state index < -0.39 is 0 Å². The fraction of sp³-hybridized carbons (Fsp3) is 0.429. The highest BCUT2D eigenvalue weighted by molar-refractivity contribution is 5.83. The van der Waals surface area contributed by atoms with E-state index in [1.54, 1.807) is 6.07 Å². The third-order valence-electron chi connectivity index (χ3n) is 3.66. The van der Waals surface area contributed by atoms with Gasteiger partial charge in [0, 0.05) is 13.1 Å². The minimum Gasteiger partial charge on any atom is -0.374 e. The van der Waals surface area contributed by atoms with Gasteiger partial charge in [0.15, 0.2) is 0 Å². The SMILES string of the molecule is CN1CCOC(Cn2c(N)nc3c(C#N)cccc32)C1. The predicted molar refractivity (Wildman–Crippen MR) is 76.1 cm³/mol. The maximum atomic E-state index is 9.12. The molecule has 6 nitrogen and oxygen atoms in total. The number of rotatable bonds is 2. The molecule has 1 aliphatic rings. The van der Waals surface area contributed by atoms with Crippen LogP contribution in [-0.4, -0.2) is 47.3 Å². The second-order valence-corrected chi connectivity index (χ2v) is 5.12. The Hall–Kier alpha value is -2.10. The van der Waals surface area contributed by atoms with Gasteiger partial charge in [-0.15, -0.1) is 0 Å². The highest BCUT2D eigenvalue weighted by atomic mass is 16.5. The van der Waals surface area contributed by atoms with E-state index in [1.165, 1.54) is 0 Å². The molecule has 1 unspecified atom stereocenters. The van der Waals surface area contributed by atoms with Crippen LogP contribution in [-0.2, 0) is 11.3 Å². The number of nitrogens with zero attached hydrogens (tertiary/aromatic N) is 4. The van der Waals surface area contributed by atoms with Gasteiger partial charge in [0.2, 0.25) is 5.95 Å². The molecular formula is C14H17N5O. The molecule has 1 atom stereocenters. The molecule has 104 valence electrons. The van der Waals surface area contributed by atoms with Gasteiger partial charge >= 0.3 is 0 Å². The molecule has 1 saturated heterocycles. The number of morpholine rings is 1. The Bertz CT molecular complexity index is 672. The second kappa shape index (κ2) is 5.12. The number of hydrogen-bond acceptors (Lipinski definition) is 5. The van der Waals surface area contributed by atoms with Gasteiger partial charge in [-0.05, 0) is 19.2 Å². The third kappa shape index (κ3) is 2.22. The van der Waals surface area contributed by atoms with Gasteiger partial charge in [0.25, 0.3) is 0 Å². The van der Waals surface area contributed by atoms with Gasteiger partial charge in [0.05, 0.1) is 30.3 Å². The molecule has 0 spiro atoms. The van der Waals surface area contributed by atoms with Crippen molar-refractivity contribution in [3.8, 4) is 6.07 Å². The summed E-state index contributed by atoms with van der Waals surface area (Å²) in [6, 6.07) is 7.69. The lowest BCUT2D eigenvalue weighted by Crippen LogP contribution is -2.42. The number of ether oxygens (including phenoxy) is 1. The molecule has 1 aromatic carbocycles. The van der Waals surface area contributed by atoms with Crippen LogP contribution in [0.15, 0.2) is 18.2 Å². The molecule has 2 heterocycles. The second-order valence-electron chi connectivity index (χ2n) is 5.12. The summed E-state index contributed by atoms with van der Waals surface area (Å²) in [6.45, 7) is 3.21. The summed E-state index contributed by atoms with van der Waals surface area (Å²) < 4.78 is 7.70. The van der Waals surface area contributed by atoms with E-state index in [9.17, 15) is 0 Å². The molecule has 3 rings (SSSR count). The van der Waals surface area contributed by atoms with Gasteiger partial charge in [-0.1, -0.05) is 6.07 Å². The molecule has 1 fully saturated rings. The van der Waals surface area contributed by atoms with Gasteiger partial charge < -0.3 is 19.9 Å². The summed E-state index contributed by atoms with van der Waals surface area (Å²) in [5.41, 5.74) is 8.10. The predicted octanol–water partition coefficient (Wildman–Crippen LogP) is 0.821. The normalized spacial score (nSPS) is 20.1. The fourth-order valence-electron chi connectivity index (χ4n) is 2.63. The van der Waals surface area contributed by atoms with Crippen LogP contribution in [0.4, 0.5) is 5.95 Å². The molecule has 0 aliphatic carbocycles. The summed E-state index contributed by atoms with van der Waals surface area (Å²) in [5.74, 6) is 0.430. The summed E-state index contributed by atoms with van der Waals surface area (Å²) in [6.07, 6.45) is 0.0965. The van der Waals surface area contributed by atoms with Crippen LogP contribution in [0, 0.1) is 11.3 Å². The molecule has 1 aliphatic heterocycles. The van der Waals surface area contributed by atoms with Gasteiger partial charge in [0.1, 0.15) is 11.6 Å². The zero-order valence-corrected chi connectivity index (χ0v) is 11.4. The number of fused-ring (bicyclic) bond motifs is 1. The van der Waals surface area contributed by atoms with Crippen molar-refractivity contribution >= 4 is 17.0 Å². The van der Waals surface area contributed by atoms with Crippen LogP contribution in [0.25, 0.3) is 11.0 Å². The standard InChI is InChI=1S/C14H17N5O/c1-18-5-6-20-11(8-18)9-19-12-4-2-3-10(7-15)13(12)17-14(19)16/h2-4,11H,5-6,8-9H2,1H3,(H2,16,17). The van der Waals surface area contributed by atoms with Crippen molar-refractivity contribution in [2.75, 3.05) is 32.5 Å². The molecule has 0 saturated carbocycles. The first-order valence-corrected chi connectivity index (χ1v) is 6.64. The first kappa shape index (κ1) is 12.9. The van der Waals surface area contributed by atoms with Crippen LogP contribution >= 0.6 is 0 Å². The lowest BCUT2D eigenvalue weighted by Gasteiger charge is -2.30. The van der Waals surface area contributed by atoms with Gasteiger partial charge in [-0.25, -0.2) is 4.98 Å². The van der Waals surface area contributed by atoms with Crippen molar-refractivity contribution in [3.63, 3.8) is 0 Å². The monoisotopic (exact) mass is 271 g/mol. The number of aromatic nitrogens is 2. The number of hydrogen-bond donors (Lipinski definition) is 1. The van der Waals surface area contributed by atoms with Crippen LogP contribution in [0.2, 0.25) is 0 Å². The minimum absolute atomic E-state index is 0.0965. The van der Waals surface area contributed by atoms with E-state index in [1.807, 2.05) is 16.7 Å². The Morgan fingerprint density at radius 2 is 2.40 bits per heavy atom. The van der Waals surface area contributed by atoms with Gasteiger partial charge in [-0.2, -0.15) is 5.26 Å². The molecule has 0 radical (unpaired) electrons. The van der Waals surface area contributed by atoms with E-state index >= 15 is 0 Å². The average molecular weight is 271 g/mol. The molecule has 2 N–H and O–H groups in total. The van der Waals surface area contributed by atoms with Crippen molar-refractivity contribution in [2.45, 2.75) is 12.6 Å². The van der Waals surface area contributed by atoms with E-state index in [0.29, 0.717) is 23.6 Å². The largest absolute Gasteiger partial charge is 0.374 e. The summed E-state index contributed by atoms with van der Waals surface area (Å²) in [4.78, 5) is 6.56. The van der Waals surface area contributed by atoms with Crippen molar-refractivity contribution in [2.24, 2.45) is 0 Å². The molecule has 20 heavy (non-hydrogen) atoms. The van der Waals surface area contributed by atoms with Crippen LogP contribution in [0.1, 0.15) is 5.56 Å². The number of likely N-dealkylation sites (N-methyl/N-ethyl adjacent to an activating group) is 1. The third-order valence-corrected chi connectivity index (χ3v) is 3.66. The minimum atomic E-state index is 0.0965. The zero-order valence-electron chi connectivity index (χ0n) is 11.4. The first-order valence-electron chi connectivity index (χ1n) is 6.64. The highest BCUT2D eigenvalue weighted by Gasteiger charge is 2.20. The number of nitriles is 1.